The summed E-state index contributed by atoms with van der Waals surface area (Å²) in [7, 11) is 0. The van der Waals surface area contributed by atoms with Crippen LogP contribution in [0.25, 0.3) is 0 Å². The Balaban J connectivity index is 1.90. The second-order valence-electron chi connectivity index (χ2n) is 6.07. The van der Waals surface area contributed by atoms with Crippen LogP contribution in [0.3, 0.4) is 0 Å². The second-order valence-corrected chi connectivity index (χ2v) is 6.07. The van der Waals surface area contributed by atoms with Crippen LogP contribution in [0.2, 0.25) is 0 Å². The first-order chi connectivity index (χ1) is 12.6. The lowest BCUT2D eigenvalue weighted by Crippen LogP contribution is -2.45. The van der Waals surface area contributed by atoms with E-state index in [0.717, 1.165) is 12.1 Å². The summed E-state index contributed by atoms with van der Waals surface area (Å²) in [6.45, 7) is -0.401. The Kier molecular flexibility index (Phi) is 6.54. The third-order valence-electron chi connectivity index (χ3n) is 4.15. The van der Waals surface area contributed by atoms with Crippen LogP contribution in [0.1, 0.15) is 24.0 Å². The van der Waals surface area contributed by atoms with E-state index in [1.54, 1.807) is 0 Å². The van der Waals surface area contributed by atoms with Crippen molar-refractivity contribution >= 4 is 5.91 Å². The molecule has 1 amide bonds. The minimum absolute atomic E-state index is 0.102. The maximum Gasteiger partial charge on any atom is 0.421 e. The number of carbonyl (C=O) groups excluding carboxylic acids is 1. The molecule has 146 valence electrons. The predicted molar refractivity (Wildman–Crippen MR) is 88.7 cm³/mol. The van der Waals surface area contributed by atoms with E-state index in [9.17, 15) is 31.9 Å². The van der Waals surface area contributed by atoms with Gasteiger partial charge in [-0.25, -0.2) is 8.78 Å². The number of hydrogen-bond donors (Lipinski definition) is 2. The van der Waals surface area contributed by atoms with Gasteiger partial charge >= 0.3 is 6.18 Å². The van der Waals surface area contributed by atoms with Gasteiger partial charge in [0.15, 0.2) is 17.2 Å². The summed E-state index contributed by atoms with van der Waals surface area (Å²) in [5, 5.41) is 12.5. The molecule has 0 fully saturated rings. The summed E-state index contributed by atoms with van der Waals surface area (Å²) < 4.78 is 65.9. The van der Waals surface area contributed by atoms with Crippen LogP contribution in [0, 0.1) is 11.6 Å². The number of aliphatic hydroxyl groups is 1. The largest absolute Gasteiger partial charge is 0.421 e. The van der Waals surface area contributed by atoms with Gasteiger partial charge in [-0.05, 0) is 29.7 Å². The Morgan fingerprint density at radius 2 is 1.67 bits per heavy atom. The third-order valence-corrected chi connectivity index (χ3v) is 4.15. The highest BCUT2D eigenvalue weighted by molar-refractivity contribution is 5.76. The topological polar surface area (TPSA) is 49.3 Å². The first-order valence-electron chi connectivity index (χ1n) is 8.19. The number of nitrogens with one attached hydrogen (secondary N) is 1. The molecule has 2 aromatic carbocycles. The molecule has 0 saturated heterocycles. The molecule has 0 aliphatic heterocycles. The summed E-state index contributed by atoms with van der Waals surface area (Å²) in [4.78, 5) is 11.8. The number of amides is 1. The Morgan fingerprint density at radius 1 is 1.00 bits per heavy atom. The molecule has 0 aliphatic rings. The predicted octanol–water partition coefficient (Wildman–Crippen LogP) is 3.85. The van der Waals surface area contributed by atoms with E-state index in [0.29, 0.717) is 5.56 Å². The monoisotopic (exact) mass is 387 g/mol. The van der Waals surface area contributed by atoms with Gasteiger partial charge in [0.2, 0.25) is 5.91 Å². The van der Waals surface area contributed by atoms with Gasteiger partial charge < -0.3 is 10.4 Å². The van der Waals surface area contributed by atoms with E-state index >= 15 is 0 Å². The van der Waals surface area contributed by atoms with Crippen molar-refractivity contribution in [3.8, 4) is 0 Å². The maximum absolute atomic E-state index is 13.3. The molecule has 8 heteroatoms. The van der Waals surface area contributed by atoms with Crippen molar-refractivity contribution in [3.63, 3.8) is 0 Å². The molecule has 2 rings (SSSR count). The summed E-state index contributed by atoms with van der Waals surface area (Å²) in [5.74, 6) is -2.60. The molecule has 0 radical (unpaired) electrons. The van der Waals surface area contributed by atoms with Gasteiger partial charge in [0.05, 0.1) is 0 Å². The number of aryl methyl sites for hydroxylation is 1. The Labute approximate surface area is 152 Å². The summed E-state index contributed by atoms with van der Waals surface area (Å²) in [6.07, 6.45) is -5.67. The van der Waals surface area contributed by atoms with Gasteiger partial charge in [-0.3, -0.25) is 4.79 Å². The Morgan fingerprint density at radius 3 is 2.26 bits per heavy atom. The molecule has 0 saturated carbocycles. The standard InChI is InChI=1S/C19H18F5NO2/c20-15-8-6-13(12-16(15)21)7-9-17(26)25-11-10-18(27,19(22,23)24)14-4-2-1-3-5-14/h1-6,8,12,27H,7,9-11H2,(H,25,26)/t18-/m1/s1. The lowest BCUT2D eigenvalue weighted by atomic mass is 9.89. The molecule has 2 N–H and O–H groups in total. The molecule has 0 heterocycles. The average molecular weight is 387 g/mol. The van der Waals surface area contributed by atoms with Gasteiger partial charge in [-0.2, -0.15) is 13.2 Å². The van der Waals surface area contributed by atoms with E-state index in [1.165, 1.54) is 36.4 Å². The number of carbonyl (C=O) groups is 1. The van der Waals surface area contributed by atoms with Crippen molar-refractivity contribution in [2.45, 2.75) is 31.0 Å². The molecule has 0 aliphatic carbocycles. The SMILES string of the molecule is O=C(CCc1ccc(F)c(F)c1)NCC[C@@](O)(c1ccccc1)C(F)(F)F. The molecule has 1 atom stereocenters. The zero-order valence-electron chi connectivity index (χ0n) is 14.2. The maximum atomic E-state index is 13.3. The first-order valence-corrected chi connectivity index (χ1v) is 8.19. The number of halogens is 5. The zero-order valence-corrected chi connectivity index (χ0v) is 14.2. The highest BCUT2D eigenvalue weighted by Gasteiger charge is 2.54. The van der Waals surface area contributed by atoms with Crippen molar-refractivity contribution < 1.29 is 31.9 Å². The lowest BCUT2D eigenvalue weighted by Gasteiger charge is -2.31. The summed E-state index contributed by atoms with van der Waals surface area (Å²) in [5.41, 5.74) is -3.00. The highest BCUT2D eigenvalue weighted by Crippen LogP contribution is 2.41. The van der Waals surface area contributed by atoms with Crippen molar-refractivity contribution in [1.29, 1.82) is 0 Å². The highest BCUT2D eigenvalue weighted by atomic mass is 19.4. The fraction of sp³-hybridized carbons (Fsp3) is 0.316. The molecule has 0 unspecified atom stereocenters. The van der Waals surface area contributed by atoms with Crippen molar-refractivity contribution in [2.75, 3.05) is 6.54 Å². The van der Waals surface area contributed by atoms with Gasteiger partial charge in [0.1, 0.15) is 0 Å². The van der Waals surface area contributed by atoms with Gasteiger partial charge in [0.25, 0.3) is 0 Å². The summed E-state index contributed by atoms with van der Waals surface area (Å²) in [6, 6.07) is 9.84. The van der Waals surface area contributed by atoms with E-state index in [1.807, 2.05) is 0 Å². The number of hydrogen-bond acceptors (Lipinski definition) is 2. The van der Waals surface area contributed by atoms with E-state index in [-0.39, 0.29) is 18.4 Å². The summed E-state index contributed by atoms with van der Waals surface area (Å²) >= 11 is 0. The number of benzene rings is 2. The Hall–Kier alpha value is -2.48. The quantitative estimate of drug-likeness (QED) is 0.709. The van der Waals surface area contributed by atoms with Crippen LogP contribution in [-0.2, 0) is 16.8 Å². The third kappa shape index (κ3) is 5.26. The van der Waals surface area contributed by atoms with Crippen LogP contribution >= 0.6 is 0 Å². The molecule has 3 nitrogen and oxygen atoms in total. The van der Waals surface area contributed by atoms with E-state index < -0.39 is 42.3 Å². The lowest BCUT2D eigenvalue weighted by molar-refractivity contribution is -0.268. The van der Waals surface area contributed by atoms with Crippen LogP contribution < -0.4 is 5.32 Å². The normalized spacial score (nSPS) is 13.9. The van der Waals surface area contributed by atoms with Crippen molar-refractivity contribution in [1.82, 2.24) is 5.32 Å². The molecule has 0 spiro atoms. The van der Waals surface area contributed by atoms with Crippen LogP contribution in [-0.4, -0.2) is 23.7 Å². The number of alkyl halides is 3. The van der Waals surface area contributed by atoms with Crippen molar-refractivity contribution in [3.05, 3.63) is 71.3 Å². The first kappa shape index (κ1) is 20.8. The average Bonchev–Trinajstić information content (AvgIpc) is 2.62. The van der Waals surface area contributed by atoms with Crippen LogP contribution in [0.15, 0.2) is 48.5 Å². The minimum Gasteiger partial charge on any atom is -0.376 e. The smallest absolute Gasteiger partial charge is 0.376 e. The van der Waals surface area contributed by atoms with Crippen LogP contribution in [0.4, 0.5) is 22.0 Å². The fourth-order valence-electron chi connectivity index (χ4n) is 2.59. The van der Waals surface area contributed by atoms with Gasteiger partial charge in [0, 0.05) is 19.4 Å². The molecule has 27 heavy (non-hydrogen) atoms. The molecule has 0 bridgehead atoms. The van der Waals surface area contributed by atoms with Gasteiger partial charge in [-0.15, -0.1) is 0 Å². The molecule has 2 aromatic rings. The fourth-order valence-corrected chi connectivity index (χ4v) is 2.59. The molecular formula is C19H18F5NO2. The molecule has 0 aromatic heterocycles. The van der Waals surface area contributed by atoms with E-state index in [4.69, 9.17) is 0 Å². The van der Waals surface area contributed by atoms with Crippen molar-refractivity contribution in [2.24, 2.45) is 0 Å². The number of rotatable bonds is 7. The zero-order chi connectivity index (χ0) is 20.1. The minimum atomic E-state index is -4.91. The second kappa shape index (κ2) is 8.47. The Bertz CT molecular complexity index is 779. The van der Waals surface area contributed by atoms with Gasteiger partial charge in [-0.1, -0.05) is 36.4 Å². The van der Waals surface area contributed by atoms with Crippen LogP contribution in [0.5, 0.6) is 0 Å². The molecular weight excluding hydrogens is 369 g/mol. The van der Waals surface area contributed by atoms with E-state index in [2.05, 4.69) is 5.32 Å².